The Morgan fingerprint density at radius 2 is 2.30 bits per heavy atom. The summed E-state index contributed by atoms with van der Waals surface area (Å²) in [5.74, 6) is 1.70. The molecule has 106 valence electrons. The first-order valence-corrected chi connectivity index (χ1v) is 6.95. The fourth-order valence-corrected chi connectivity index (χ4v) is 2.41. The zero-order chi connectivity index (χ0) is 14.1. The third-order valence-corrected chi connectivity index (χ3v) is 3.70. The van der Waals surface area contributed by atoms with E-state index >= 15 is 0 Å². The summed E-state index contributed by atoms with van der Waals surface area (Å²) in [6, 6.07) is 1.72. The molecule has 0 bridgehead atoms. The van der Waals surface area contributed by atoms with Gasteiger partial charge in [0.05, 0.1) is 0 Å². The Kier molecular flexibility index (Phi) is 3.30. The maximum Gasteiger partial charge on any atom is 0.269 e. The summed E-state index contributed by atoms with van der Waals surface area (Å²) < 4.78 is 3.79. The number of amides is 1. The predicted molar refractivity (Wildman–Crippen MR) is 74.5 cm³/mol. The van der Waals surface area contributed by atoms with Gasteiger partial charge < -0.3 is 9.88 Å². The number of aryl methyl sites for hydroxylation is 2. The van der Waals surface area contributed by atoms with Gasteiger partial charge in [0.25, 0.3) is 5.91 Å². The van der Waals surface area contributed by atoms with Crippen LogP contribution in [-0.4, -0.2) is 31.8 Å². The summed E-state index contributed by atoms with van der Waals surface area (Å²) in [6.07, 6.45) is 6.01. The Hall–Kier alpha value is -2.11. The number of nitrogens with one attached hydrogen (secondary N) is 1. The van der Waals surface area contributed by atoms with E-state index < -0.39 is 0 Å². The molecule has 1 saturated carbocycles. The van der Waals surface area contributed by atoms with Crippen molar-refractivity contribution in [3.05, 3.63) is 35.7 Å². The van der Waals surface area contributed by atoms with Crippen molar-refractivity contribution in [2.75, 3.05) is 6.54 Å². The summed E-state index contributed by atoms with van der Waals surface area (Å²) >= 11 is 0. The molecule has 1 aliphatic rings. The van der Waals surface area contributed by atoms with Gasteiger partial charge in [0.1, 0.15) is 11.5 Å². The van der Waals surface area contributed by atoms with Gasteiger partial charge in [-0.1, -0.05) is 0 Å². The zero-order valence-corrected chi connectivity index (χ0v) is 11.8. The number of aromatic nitrogens is 4. The topological polar surface area (TPSA) is 64.7 Å². The van der Waals surface area contributed by atoms with E-state index in [9.17, 15) is 4.79 Å². The van der Waals surface area contributed by atoms with E-state index in [4.69, 9.17) is 0 Å². The highest BCUT2D eigenvalue weighted by molar-refractivity contribution is 5.92. The fourth-order valence-electron chi connectivity index (χ4n) is 2.41. The number of imidazole rings is 1. The molecule has 0 aliphatic heterocycles. The van der Waals surface area contributed by atoms with Crippen LogP contribution in [-0.2, 0) is 13.6 Å². The molecule has 1 fully saturated rings. The maximum atomic E-state index is 12.0. The van der Waals surface area contributed by atoms with Gasteiger partial charge >= 0.3 is 0 Å². The van der Waals surface area contributed by atoms with Crippen LogP contribution in [0, 0.1) is 6.92 Å². The van der Waals surface area contributed by atoms with Gasteiger partial charge in [-0.15, -0.1) is 0 Å². The minimum atomic E-state index is -0.0873. The van der Waals surface area contributed by atoms with Crippen LogP contribution < -0.4 is 5.32 Å². The van der Waals surface area contributed by atoms with Gasteiger partial charge in [-0.3, -0.25) is 9.48 Å². The van der Waals surface area contributed by atoms with Crippen molar-refractivity contribution in [2.45, 2.75) is 32.2 Å². The third-order valence-electron chi connectivity index (χ3n) is 3.70. The van der Waals surface area contributed by atoms with Crippen LogP contribution in [0.1, 0.15) is 40.8 Å². The average molecular weight is 273 g/mol. The molecule has 2 aromatic rings. The molecule has 3 rings (SSSR count). The molecule has 2 heterocycles. The van der Waals surface area contributed by atoms with Crippen LogP contribution in [0.2, 0.25) is 0 Å². The molecule has 0 radical (unpaired) electrons. The van der Waals surface area contributed by atoms with E-state index in [0.717, 1.165) is 18.1 Å². The molecule has 1 N–H and O–H groups in total. The van der Waals surface area contributed by atoms with Gasteiger partial charge in [0, 0.05) is 44.1 Å². The van der Waals surface area contributed by atoms with Gasteiger partial charge in [-0.25, -0.2) is 4.98 Å². The van der Waals surface area contributed by atoms with Crippen molar-refractivity contribution in [1.82, 2.24) is 24.6 Å². The average Bonchev–Trinajstić information content (AvgIpc) is 3.08. The van der Waals surface area contributed by atoms with E-state index in [1.165, 1.54) is 12.8 Å². The van der Waals surface area contributed by atoms with Crippen LogP contribution in [0.15, 0.2) is 18.5 Å². The smallest absolute Gasteiger partial charge is 0.269 e. The molecule has 0 atom stereocenters. The highest BCUT2D eigenvalue weighted by atomic mass is 16.2. The van der Waals surface area contributed by atoms with Crippen LogP contribution in [0.25, 0.3) is 0 Å². The molecule has 0 unspecified atom stereocenters. The van der Waals surface area contributed by atoms with Gasteiger partial charge in [-0.05, 0) is 25.8 Å². The largest absolute Gasteiger partial charge is 0.349 e. The molecule has 1 amide bonds. The van der Waals surface area contributed by atoms with Gasteiger partial charge in [0.2, 0.25) is 0 Å². The summed E-state index contributed by atoms with van der Waals surface area (Å²) in [5.41, 5.74) is 1.73. The monoisotopic (exact) mass is 273 g/mol. The van der Waals surface area contributed by atoms with Crippen LogP contribution in [0.5, 0.6) is 0 Å². The summed E-state index contributed by atoms with van der Waals surface area (Å²) in [5, 5.41) is 6.93. The second-order valence-electron chi connectivity index (χ2n) is 5.28. The lowest BCUT2D eigenvalue weighted by molar-refractivity contribution is 0.0942. The first-order valence-electron chi connectivity index (χ1n) is 6.95. The second kappa shape index (κ2) is 5.11. The first-order chi connectivity index (χ1) is 9.66. The molecule has 6 heteroatoms. The number of carbonyl (C=O) groups is 1. The zero-order valence-electron chi connectivity index (χ0n) is 11.8. The van der Waals surface area contributed by atoms with Crippen LogP contribution in [0.3, 0.4) is 0 Å². The SMILES string of the molecule is Cc1cnc(C2CC2)n1CCNC(=O)c1ccnn1C. The van der Waals surface area contributed by atoms with Crippen molar-refractivity contribution >= 4 is 5.91 Å². The van der Waals surface area contributed by atoms with E-state index in [1.807, 2.05) is 6.20 Å². The van der Waals surface area contributed by atoms with Gasteiger partial charge in [-0.2, -0.15) is 5.10 Å². The van der Waals surface area contributed by atoms with Crippen LogP contribution >= 0.6 is 0 Å². The summed E-state index contributed by atoms with van der Waals surface area (Å²) in [4.78, 5) is 16.4. The van der Waals surface area contributed by atoms with Crippen molar-refractivity contribution in [3.63, 3.8) is 0 Å². The second-order valence-corrected chi connectivity index (χ2v) is 5.28. The van der Waals surface area contributed by atoms with E-state index in [1.54, 1.807) is 24.0 Å². The highest BCUT2D eigenvalue weighted by Crippen LogP contribution is 2.39. The standard InChI is InChI=1S/C14H19N5O/c1-10-9-16-13(11-3-4-11)19(10)8-7-15-14(20)12-5-6-17-18(12)2/h5-6,9,11H,3-4,7-8H2,1-2H3,(H,15,20). The minimum Gasteiger partial charge on any atom is -0.349 e. The molecule has 2 aromatic heterocycles. The fraction of sp³-hybridized carbons (Fsp3) is 0.500. The molecule has 6 nitrogen and oxygen atoms in total. The number of carbonyl (C=O) groups excluding carboxylic acids is 1. The molecule has 20 heavy (non-hydrogen) atoms. The van der Waals surface area contributed by atoms with Gasteiger partial charge in [0.15, 0.2) is 0 Å². The van der Waals surface area contributed by atoms with E-state index in [2.05, 4.69) is 26.9 Å². The van der Waals surface area contributed by atoms with Crippen molar-refractivity contribution in [3.8, 4) is 0 Å². The number of hydrogen-bond donors (Lipinski definition) is 1. The number of nitrogens with zero attached hydrogens (tertiary/aromatic N) is 4. The Balaban J connectivity index is 1.59. The number of hydrogen-bond acceptors (Lipinski definition) is 3. The van der Waals surface area contributed by atoms with E-state index in [0.29, 0.717) is 18.2 Å². The Labute approximate surface area is 117 Å². The Morgan fingerprint density at radius 1 is 1.50 bits per heavy atom. The van der Waals surface area contributed by atoms with Crippen molar-refractivity contribution in [1.29, 1.82) is 0 Å². The maximum absolute atomic E-state index is 12.0. The Morgan fingerprint density at radius 3 is 2.95 bits per heavy atom. The summed E-state index contributed by atoms with van der Waals surface area (Å²) in [7, 11) is 1.76. The quantitative estimate of drug-likeness (QED) is 0.891. The van der Waals surface area contributed by atoms with Crippen molar-refractivity contribution in [2.24, 2.45) is 7.05 Å². The molecular formula is C14H19N5O. The molecule has 0 spiro atoms. The lowest BCUT2D eigenvalue weighted by Crippen LogP contribution is -2.29. The molecule has 0 aromatic carbocycles. The van der Waals surface area contributed by atoms with Crippen molar-refractivity contribution < 1.29 is 4.79 Å². The highest BCUT2D eigenvalue weighted by Gasteiger charge is 2.28. The van der Waals surface area contributed by atoms with E-state index in [-0.39, 0.29) is 5.91 Å². The third kappa shape index (κ3) is 2.45. The summed E-state index contributed by atoms with van der Waals surface area (Å²) in [6.45, 7) is 3.42. The molecular weight excluding hydrogens is 254 g/mol. The Bertz CT molecular complexity index is 623. The molecule has 0 saturated heterocycles. The predicted octanol–water partition coefficient (Wildman–Crippen LogP) is 1.23. The normalized spacial score (nSPS) is 14.5. The number of rotatable bonds is 5. The van der Waals surface area contributed by atoms with Crippen LogP contribution in [0.4, 0.5) is 0 Å². The molecule has 1 aliphatic carbocycles. The lowest BCUT2D eigenvalue weighted by atomic mass is 10.3. The first kappa shape index (κ1) is 12.9. The lowest BCUT2D eigenvalue weighted by Gasteiger charge is -2.10. The minimum absolute atomic E-state index is 0.0873.